The van der Waals surface area contributed by atoms with E-state index in [9.17, 15) is 9.59 Å². The second-order valence-corrected chi connectivity index (χ2v) is 6.13. The average Bonchev–Trinajstić information content (AvgIpc) is 2.89. The van der Waals surface area contributed by atoms with E-state index in [2.05, 4.69) is 29.7 Å². The molecular formula is C18H27N3O2. The first kappa shape index (κ1) is 17.3. The Morgan fingerprint density at radius 3 is 2.74 bits per heavy atom. The van der Waals surface area contributed by atoms with Gasteiger partial charge in [-0.3, -0.25) is 4.79 Å². The Bertz CT molecular complexity index is 518. The second kappa shape index (κ2) is 8.56. The molecule has 0 bridgehead atoms. The van der Waals surface area contributed by atoms with Crippen molar-refractivity contribution in [1.29, 1.82) is 0 Å². The zero-order chi connectivity index (χ0) is 16.7. The molecular weight excluding hydrogens is 290 g/mol. The number of unbranched alkanes of at least 4 members (excludes halogenated alkanes) is 1. The molecule has 1 aromatic rings. The molecule has 126 valence electrons. The summed E-state index contributed by atoms with van der Waals surface area (Å²) in [5, 5.41) is 5.80. The van der Waals surface area contributed by atoms with Crippen LogP contribution in [0.15, 0.2) is 30.3 Å². The van der Waals surface area contributed by atoms with Crippen molar-refractivity contribution in [2.45, 2.75) is 51.6 Å². The average molecular weight is 317 g/mol. The first-order chi connectivity index (χ1) is 11.1. The van der Waals surface area contributed by atoms with E-state index >= 15 is 0 Å². The van der Waals surface area contributed by atoms with E-state index in [0.717, 1.165) is 19.3 Å². The molecule has 1 aromatic carbocycles. The zero-order valence-corrected chi connectivity index (χ0v) is 14.0. The van der Waals surface area contributed by atoms with Gasteiger partial charge in [0.1, 0.15) is 6.04 Å². The van der Waals surface area contributed by atoms with E-state index < -0.39 is 6.04 Å². The molecule has 0 saturated carbocycles. The van der Waals surface area contributed by atoms with Crippen molar-refractivity contribution in [2.24, 2.45) is 0 Å². The minimum atomic E-state index is -0.412. The topological polar surface area (TPSA) is 61.4 Å². The van der Waals surface area contributed by atoms with Gasteiger partial charge in [-0.05, 0) is 31.7 Å². The summed E-state index contributed by atoms with van der Waals surface area (Å²) in [5.74, 6) is -0.0433. The molecule has 0 aromatic heterocycles. The fraction of sp³-hybridized carbons (Fsp3) is 0.556. The van der Waals surface area contributed by atoms with Gasteiger partial charge in [0.2, 0.25) is 5.91 Å². The van der Waals surface area contributed by atoms with Crippen molar-refractivity contribution in [3.8, 4) is 0 Å². The molecule has 2 unspecified atom stereocenters. The maximum absolute atomic E-state index is 12.6. The van der Waals surface area contributed by atoms with Gasteiger partial charge in [0, 0.05) is 19.1 Å². The monoisotopic (exact) mass is 317 g/mol. The van der Waals surface area contributed by atoms with Gasteiger partial charge in [0.05, 0.1) is 0 Å². The van der Waals surface area contributed by atoms with Gasteiger partial charge in [-0.2, -0.15) is 0 Å². The summed E-state index contributed by atoms with van der Waals surface area (Å²) in [4.78, 5) is 26.4. The quantitative estimate of drug-likeness (QED) is 0.723. The summed E-state index contributed by atoms with van der Waals surface area (Å²) >= 11 is 0. The Morgan fingerprint density at radius 1 is 1.39 bits per heavy atom. The molecule has 1 aliphatic rings. The van der Waals surface area contributed by atoms with Crippen LogP contribution in [0.1, 0.15) is 38.7 Å². The summed E-state index contributed by atoms with van der Waals surface area (Å²) < 4.78 is 0. The highest BCUT2D eigenvalue weighted by Gasteiger charge is 2.36. The van der Waals surface area contributed by atoms with Crippen LogP contribution in [-0.2, 0) is 11.2 Å². The summed E-state index contributed by atoms with van der Waals surface area (Å²) in [6, 6.07) is 9.58. The molecule has 1 saturated heterocycles. The number of hydrogen-bond donors (Lipinski definition) is 2. The third-order valence-corrected chi connectivity index (χ3v) is 4.28. The van der Waals surface area contributed by atoms with Gasteiger partial charge in [-0.15, -0.1) is 0 Å². The minimum absolute atomic E-state index is 0.0419. The van der Waals surface area contributed by atoms with E-state index in [1.165, 1.54) is 5.56 Å². The number of urea groups is 1. The number of benzene rings is 1. The van der Waals surface area contributed by atoms with Crippen LogP contribution in [0.3, 0.4) is 0 Å². The Kier molecular flexibility index (Phi) is 6.44. The molecule has 0 aliphatic carbocycles. The minimum Gasteiger partial charge on any atom is -0.354 e. The lowest BCUT2D eigenvalue weighted by atomic mass is 10.0. The van der Waals surface area contributed by atoms with Crippen molar-refractivity contribution in [2.75, 3.05) is 13.1 Å². The molecule has 23 heavy (non-hydrogen) atoms. The van der Waals surface area contributed by atoms with Crippen LogP contribution in [0.25, 0.3) is 0 Å². The van der Waals surface area contributed by atoms with E-state index in [-0.39, 0.29) is 18.0 Å². The van der Waals surface area contributed by atoms with Crippen LogP contribution >= 0.6 is 0 Å². The fourth-order valence-electron chi connectivity index (χ4n) is 2.92. The number of carbonyl (C=O) groups is 2. The lowest BCUT2D eigenvalue weighted by Crippen LogP contribution is -2.51. The third kappa shape index (κ3) is 4.71. The first-order valence-corrected chi connectivity index (χ1v) is 8.51. The highest BCUT2D eigenvalue weighted by atomic mass is 16.2. The van der Waals surface area contributed by atoms with Crippen molar-refractivity contribution >= 4 is 11.9 Å². The Morgan fingerprint density at radius 2 is 2.13 bits per heavy atom. The number of nitrogens with one attached hydrogen (secondary N) is 2. The largest absolute Gasteiger partial charge is 0.354 e. The molecule has 1 fully saturated rings. The lowest BCUT2D eigenvalue weighted by molar-refractivity contribution is -0.126. The van der Waals surface area contributed by atoms with Crippen LogP contribution in [0.4, 0.5) is 4.79 Å². The summed E-state index contributed by atoms with van der Waals surface area (Å²) in [7, 11) is 0. The van der Waals surface area contributed by atoms with Gasteiger partial charge in [0.25, 0.3) is 0 Å². The summed E-state index contributed by atoms with van der Waals surface area (Å²) in [6.45, 7) is 5.34. The van der Waals surface area contributed by atoms with Crippen molar-refractivity contribution < 1.29 is 9.59 Å². The van der Waals surface area contributed by atoms with Crippen molar-refractivity contribution in [1.82, 2.24) is 15.5 Å². The van der Waals surface area contributed by atoms with Gasteiger partial charge >= 0.3 is 6.03 Å². The summed E-state index contributed by atoms with van der Waals surface area (Å²) in [6.07, 6.45) is 3.41. The van der Waals surface area contributed by atoms with Crippen molar-refractivity contribution in [3.05, 3.63) is 35.9 Å². The number of hydrogen-bond acceptors (Lipinski definition) is 2. The summed E-state index contributed by atoms with van der Waals surface area (Å²) in [5.41, 5.74) is 1.19. The second-order valence-electron chi connectivity index (χ2n) is 6.13. The Balaban J connectivity index is 2.04. The molecule has 0 spiro atoms. The smallest absolute Gasteiger partial charge is 0.318 e. The van der Waals surface area contributed by atoms with Crippen LogP contribution in [0.5, 0.6) is 0 Å². The number of rotatable bonds is 8. The molecule has 2 rings (SSSR count). The van der Waals surface area contributed by atoms with Gasteiger partial charge < -0.3 is 15.5 Å². The van der Waals surface area contributed by atoms with E-state index in [4.69, 9.17) is 0 Å². The maximum Gasteiger partial charge on any atom is 0.318 e. The Labute approximate surface area is 138 Å². The molecule has 1 aliphatic heterocycles. The van der Waals surface area contributed by atoms with Crippen LogP contribution in [0.2, 0.25) is 0 Å². The fourth-order valence-corrected chi connectivity index (χ4v) is 2.92. The molecule has 2 atom stereocenters. The maximum atomic E-state index is 12.6. The molecule has 3 amide bonds. The Hall–Kier alpha value is -2.04. The molecule has 1 heterocycles. The van der Waals surface area contributed by atoms with Crippen LogP contribution in [0, 0.1) is 0 Å². The number of carbonyl (C=O) groups excluding carboxylic acids is 2. The van der Waals surface area contributed by atoms with E-state index in [1.54, 1.807) is 4.90 Å². The number of nitrogens with zero attached hydrogens (tertiary/aromatic N) is 1. The standard InChI is InChI=1S/C18H27N3O2/c1-3-4-12-19-17(22)16(21-14(2)13-20-18(21)23)11-10-15-8-6-5-7-9-15/h5-9,14,16H,3-4,10-13H2,1-2H3,(H,19,22)(H,20,23). The van der Waals surface area contributed by atoms with Gasteiger partial charge in [-0.1, -0.05) is 43.7 Å². The van der Waals surface area contributed by atoms with Crippen molar-refractivity contribution in [3.63, 3.8) is 0 Å². The highest BCUT2D eigenvalue weighted by molar-refractivity contribution is 5.88. The molecule has 5 nitrogen and oxygen atoms in total. The normalized spacial score (nSPS) is 18.6. The van der Waals surface area contributed by atoms with E-state index in [1.807, 2.05) is 25.1 Å². The molecule has 2 N–H and O–H groups in total. The van der Waals surface area contributed by atoms with Gasteiger partial charge in [-0.25, -0.2) is 4.79 Å². The van der Waals surface area contributed by atoms with Crippen LogP contribution < -0.4 is 10.6 Å². The van der Waals surface area contributed by atoms with E-state index in [0.29, 0.717) is 19.5 Å². The highest BCUT2D eigenvalue weighted by Crippen LogP contribution is 2.17. The zero-order valence-electron chi connectivity index (χ0n) is 14.0. The first-order valence-electron chi connectivity index (χ1n) is 8.51. The predicted octanol–water partition coefficient (Wildman–Crippen LogP) is 2.32. The predicted molar refractivity (Wildman–Crippen MR) is 91.2 cm³/mol. The molecule has 0 radical (unpaired) electrons. The SMILES string of the molecule is CCCCNC(=O)C(CCc1ccccc1)N1C(=O)NCC1C. The third-order valence-electron chi connectivity index (χ3n) is 4.28. The van der Waals surface area contributed by atoms with Crippen LogP contribution in [-0.4, -0.2) is 42.0 Å². The molecule has 5 heteroatoms. The number of amides is 3. The lowest BCUT2D eigenvalue weighted by Gasteiger charge is -2.29. The van der Waals surface area contributed by atoms with Gasteiger partial charge in [0.15, 0.2) is 0 Å². The number of aryl methyl sites for hydroxylation is 1.